The van der Waals surface area contributed by atoms with Crippen molar-refractivity contribution >= 4 is 17.4 Å². The van der Waals surface area contributed by atoms with E-state index in [0.29, 0.717) is 17.9 Å². The van der Waals surface area contributed by atoms with Gasteiger partial charge in [-0.15, -0.1) is 0 Å². The van der Waals surface area contributed by atoms with E-state index in [1.165, 1.54) is 24.3 Å². The minimum atomic E-state index is -0.771. The van der Waals surface area contributed by atoms with Gasteiger partial charge < -0.3 is 14.3 Å². The van der Waals surface area contributed by atoms with Gasteiger partial charge in [-0.1, -0.05) is 5.16 Å². The van der Waals surface area contributed by atoms with Crippen molar-refractivity contribution < 1.29 is 24.0 Å². The van der Waals surface area contributed by atoms with E-state index in [2.05, 4.69) is 5.16 Å². The number of benzene rings is 1. The molecule has 1 aromatic rings. The molecular weight excluding hydrogens is 280 g/mol. The van der Waals surface area contributed by atoms with Gasteiger partial charge in [0, 0.05) is 24.3 Å². The van der Waals surface area contributed by atoms with Crippen molar-refractivity contribution in [3.8, 4) is 0 Å². The van der Waals surface area contributed by atoms with Gasteiger partial charge in [0.1, 0.15) is 11.6 Å². The highest BCUT2D eigenvalue weighted by Gasteiger charge is 2.54. The van der Waals surface area contributed by atoms with E-state index < -0.39 is 29.2 Å². The Morgan fingerprint density at radius 3 is 2.71 bits per heavy atom. The van der Waals surface area contributed by atoms with Crippen LogP contribution in [-0.2, 0) is 19.1 Å². The molecular formula is C13H12N2O6. The molecule has 0 saturated carbocycles. The average Bonchev–Trinajstić information content (AvgIpc) is 3.02. The highest BCUT2D eigenvalue weighted by molar-refractivity contribution is 6.13. The number of nitro groups is 1. The number of hydrogen-bond acceptors (Lipinski definition) is 7. The van der Waals surface area contributed by atoms with Gasteiger partial charge in [0.25, 0.3) is 5.69 Å². The fraction of sp³-hybridized carbons (Fsp3) is 0.385. The lowest BCUT2D eigenvalue weighted by Gasteiger charge is -2.13. The van der Waals surface area contributed by atoms with Gasteiger partial charge in [0.05, 0.1) is 4.92 Å². The molecule has 0 unspecified atom stereocenters. The number of oxime groups is 1. The van der Waals surface area contributed by atoms with Crippen LogP contribution < -0.4 is 0 Å². The fourth-order valence-corrected chi connectivity index (χ4v) is 2.38. The molecule has 21 heavy (non-hydrogen) atoms. The Hall–Kier alpha value is -2.48. The van der Waals surface area contributed by atoms with E-state index in [1.807, 2.05) is 0 Å². The van der Waals surface area contributed by atoms with Gasteiger partial charge in [-0.05, 0) is 19.1 Å². The number of fused-ring (bicyclic) bond motifs is 1. The van der Waals surface area contributed by atoms with Gasteiger partial charge in [-0.3, -0.25) is 14.9 Å². The molecule has 3 rings (SSSR count). The zero-order valence-corrected chi connectivity index (χ0v) is 11.1. The summed E-state index contributed by atoms with van der Waals surface area (Å²) in [6.45, 7) is 2.17. The first-order chi connectivity index (χ1) is 10.1. The normalized spacial score (nSPS) is 26.8. The smallest absolute Gasteiger partial charge is 0.321 e. The van der Waals surface area contributed by atoms with Crippen LogP contribution in [0.4, 0.5) is 5.69 Å². The van der Waals surface area contributed by atoms with Crippen molar-refractivity contribution in [2.24, 2.45) is 11.1 Å². The van der Waals surface area contributed by atoms with Crippen molar-refractivity contribution in [2.75, 3.05) is 6.61 Å². The molecule has 1 aromatic carbocycles. The molecule has 0 spiro atoms. The summed E-state index contributed by atoms with van der Waals surface area (Å²) in [6, 6.07) is 5.77. The maximum absolute atomic E-state index is 11.9. The standard InChI is InChI=1S/C13H12N2O6/c1-2-19-13-11-9(12(16)20-13)10(14-21-11)7-3-5-8(6-4-7)15(17)18/h3-6,9,11,13H,2H2,1H3/t9-,11-,13+/m1/s1. The molecule has 0 N–H and O–H groups in total. The van der Waals surface area contributed by atoms with Crippen molar-refractivity contribution in [3.63, 3.8) is 0 Å². The Morgan fingerprint density at radius 1 is 1.38 bits per heavy atom. The van der Waals surface area contributed by atoms with Crippen LogP contribution in [0.1, 0.15) is 12.5 Å². The largest absolute Gasteiger partial charge is 0.431 e. The molecule has 110 valence electrons. The lowest BCUT2D eigenvalue weighted by atomic mass is 9.94. The minimum Gasteiger partial charge on any atom is -0.431 e. The topological polar surface area (TPSA) is 100 Å². The molecule has 1 fully saturated rings. The first-order valence-electron chi connectivity index (χ1n) is 6.42. The summed E-state index contributed by atoms with van der Waals surface area (Å²) < 4.78 is 10.4. The van der Waals surface area contributed by atoms with Crippen LogP contribution in [0, 0.1) is 16.0 Å². The quantitative estimate of drug-likeness (QED) is 0.470. The Kier molecular flexibility index (Phi) is 3.30. The first-order valence-corrected chi connectivity index (χ1v) is 6.42. The Balaban J connectivity index is 1.84. The molecule has 2 aliphatic rings. The fourth-order valence-electron chi connectivity index (χ4n) is 2.38. The molecule has 3 atom stereocenters. The molecule has 0 amide bonds. The lowest BCUT2D eigenvalue weighted by Crippen LogP contribution is -2.30. The van der Waals surface area contributed by atoms with Crippen molar-refractivity contribution in [2.45, 2.75) is 19.3 Å². The number of carbonyl (C=O) groups excluding carboxylic acids is 1. The van der Waals surface area contributed by atoms with Gasteiger partial charge in [-0.25, -0.2) is 0 Å². The van der Waals surface area contributed by atoms with Crippen LogP contribution in [0.5, 0.6) is 0 Å². The summed E-state index contributed by atoms with van der Waals surface area (Å²) in [7, 11) is 0. The summed E-state index contributed by atoms with van der Waals surface area (Å²) >= 11 is 0. The zero-order valence-electron chi connectivity index (χ0n) is 11.1. The molecule has 2 aliphatic heterocycles. The molecule has 8 nitrogen and oxygen atoms in total. The second-order valence-electron chi connectivity index (χ2n) is 4.59. The van der Waals surface area contributed by atoms with Gasteiger partial charge >= 0.3 is 5.97 Å². The van der Waals surface area contributed by atoms with Crippen LogP contribution in [-0.4, -0.2) is 35.6 Å². The van der Waals surface area contributed by atoms with E-state index in [4.69, 9.17) is 14.3 Å². The molecule has 8 heteroatoms. The minimum absolute atomic E-state index is 0.0315. The summed E-state index contributed by atoms with van der Waals surface area (Å²) in [4.78, 5) is 27.3. The van der Waals surface area contributed by atoms with Crippen LogP contribution in [0.25, 0.3) is 0 Å². The van der Waals surface area contributed by atoms with Crippen molar-refractivity contribution in [3.05, 3.63) is 39.9 Å². The number of rotatable bonds is 4. The third-order valence-electron chi connectivity index (χ3n) is 3.36. The number of ether oxygens (including phenoxy) is 2. The van der Waals surface area contributed by atoms with Crippen LogP contribution in [0.2, 0.25) is 0 Å². The number of hydrogen-bond donors (Lipinski definition) is 0. The van der Waals surface area contributed by atoms with Crippen molar-refractivity contribution in [1.29, 1.82) is 0 Å². The van der Waals surface area contributed by atoms with Crippen LogP contribution in [0.3, 0.4) is 0 Å². The van der Waals surface area contributed by atoms with Crippen LogP contribution in [0.15, 0.2) is 29.4 Å². The maximum atomic E-state index is 11.9. The highest BCUT2D eigenvalue weighted by Crippen LogP contribution is 2.34. The predicted octanol–water partition coefficient (Wildman–Crippen LogP) is 1.23. The summed E-state index contributed by atoms with van der Waals surface area (Å²) in [5.41, 5.74) is 0.959. The van der Waals surface area contributed by atoms with E-state index in [9.17, 15) is 14.9 Å². The molecule has 0 bridgehead atoms. The number of carbonyl (C=O) groups is 1. The Morgan fingerprint density at radius 2 is 2.10 bits per heavy atom. The van der Waals surface area contributed by atoms with E-state index in [1.54, 1.807) is 6.92 Å². The summed E-state index contributed by atoms with van der Waals surface area (Å²) in [5, 5.41) is 14.6. The van der Waals surface area contributed by atoms with Gasteiger partial charge in [0.2, 0.25) is 12.4 Å². The third kappa shape index (κ3) is 2.23. The van der Waals surface area contributed by atoms with E-state index in [-0.39, 0.29) is 5.69 Å². The monoisotopic (exact) mass is 292 g/mol. The maximum Gasteiger partial charge on any atom is 0.321 e. The molecule has 0 radical (unpaired) electrons. The number of esters is 1. The van der Waals surface area contributed by atoms with E-state index in [0.717, 1.165) is 0 Å². The molecule has 1 saturated heterocycles. The molecule has 0 aromatic heterocycles. The average molecular weight is 292 g/mol. The second kappa shape index (κ2) is 5.13. The predicted molar refractivity (Wildman–Crippen MR) is 69.5 cm³/mol. The van der Waals surface area contributed by atoms with E-state index >= 15 is 0 Å². The number of nitrogens with zero attached hydrogens (tertiary/aromatic N) is 2. The number of cyclic esters (lactones) is 1. The molecule has 0 aliphatic carbocycles. The number of nitro benzene ring substituents is 1. The van der Waals surface area contributed by atoms with Gasteiger partial charge in [0.15, 0.2) is 0 Å². The zero-order chi connectivity index (χ0) is 15.0. The number of non-ortho nitro benzene ring substituents is 1. The lowest BCUT2D eigenvalue weighted by molar-refractivity contribution is -0.384. The Labute approximate surface area is 119 Å². The second-order valence-corrected chi connectivity index (χ2v) is 4.59. The SMILES string of the molecule is CCO[C@H]1OC(=O)[C@@H]2C(c3ccc([N+](=O)[O-])cc3)=NO[C@@H]12. The van der Waals surface area contributed by atoms with Crippen molar-refractivity contribution in [1.82, 2.24) is 0 Å². The first kappa shape index (κ1) is 13.5. The van der Waals surface area contributed by atoms with Crippen LogP contribution >= 0.6 is 0 Å². The van der Waals surface area contributed by atoms with Gasteiger partial charge in [-0.2, -0.15) is 0 Å². The highest BCUT2D eigenvalue weighted by atomic mass is 16.8. The summed E-state index contributed by atoms with van der Waals surface area (Å²) in [6.07, 6.45) is -1.38. The summed E-state index contributed by atoms with van der Waals surface area (Å²) in [5.74, 6) is -1.13. The molecule has 2 heterocycles. The third-order valence-corrected chi connectivity index (χ3v) is 3.36. The Bertz CT molecular complexity index is 612.